The fraction of sp³-hybridized carbons (Fsp3) is 0.368. The molecule has 0 saturated carbocycles. The molecular formula is C19H20FN3O3S3. The van der Waals surface area contributed by atoms with E-state index in [1.165, 1.54) is 39.1 Å². The molecular weight excluding hydrogens is 433 g/mol. The van der Waals surface area contributed by atoms with Crippen molar-refractivity contribution in [2.24, 2.45) is 10.9 Å². The zero-order valence-corrected chi connectivity index (χ0v) is 18.2. The van der Waals surface area contributed by atoms with Crippen LogP contribution in [0.3, 0.4) is 0 Å². The molecule has 1 atom stereocenters. The molecule has 4 rings (SSSR count). The van der Waals surface area contributed by atoms with Gasteiger partial charge in [-0.1, -0.05) is 17.4 Å². The van der Waals surface area contributed by atoms with Gasteiger partial charge in [0, 0.05) is 19.6 Å². The number of nitrogens with zero attached hydrogens (tertiary/aromatic N) is 3. The Kier molecular flexibility index (Phi) is 5.69. The number of amides is 1. The van der Waals surface area contributed by atoms with Crippen LogP contribution in [0.25, 0.3) is 10.2 Å². The number of piperidine rings is 1. The number of sulfonamides is 1. The lowest BCUT2D eigenvalue weighted by Gasteiger charge is -2.29. The van der Waals surface area contributed by atoms with Gasteiger partial charge >= 0.3 is 0 Å². The molecule has 29 heavy (non-hydrogen) atoms. The fourth-order valence-corrected chi connectivity index (χ4v) is 7.32. The number of fused-ring (bicyclic) bond motifs is 1. The van der Waals surface area contributed by atoms with E-state index in [2.05, 4.69) is 4.99 Å². The van der Waals surface area contributed by atoms with Crippen LogP contribution in [0.15, 0.2) is 44.9 Å². The van der Waals surface area contributed by atoms with Crippen LogP contribution in [-0.4, -0.2) is 36.3 Å². The Morgan fingerprint density at radius 2 is 2.17 bits per heavy atom. The minimum absolute atomic E-state index is 0.133. The van der Waals surface area contributed by atoms with Crippen LogP contribution in [0.5, 0.6) is 0 Å². The van der Waals surface area contributed by atoms with Crippen molar-refractivity contribution in [3.8, 4) is 0 Å². The van der Waals surface area contributed by atoms with E-state index in [1.807, 2.05) is 11.5 Å². The van der Waals surface area contributed by atoms with Gasteiger partial charge in [0.05, 0.1) is 16.1 Å². The Hall–Kier alpha value is -1.88. The van der Waals surface area contributed by atoms with Gasteiger partial charge in [-0.2, -0.15) is 9.30 Å². The largest absolute Gasteiger partial charge is 0.317 e. The second-order valence-electron chi connectivity index (χ2n) is 6.83. The molecule has 0 radical (unpaired) electrons. The van der Waals surface area contributed by atoms with Gasteiger partial charge in [-0.3, -0.25) is 4.79 Å². The zero-order valence-electron chi connectivity index (χ0n) is 15.7. The Morgan fingerprint density at radius 3 is 2.90 bits per heavy atom. The summed E-state index contributed by atoms with van der Waals surface area (Å²) < 4.78 is 43.4. The maximum Gasteiger partial charge on any atom is 0.252 e. The van der Waals surface area contributed by atoms with Crippen molar-refractivity contribution in [1.29, 1.82) is 0 Å². The van der Waals surface area contributed by atoms with E-state index in [-0.39, 0.29) is 22.5 Å². The summed E-state index contributed by atoms with van der Waals surface area (Å²) in [4.78, 5) is 17.7. The second-order valence-corrected chi connectivity index (χ2v) is 10.9. The molecule has 2 aromatic heterocycles. The minimum Gasteiger partial charge on any atom is -0.317 e. The fourth-order valence-electron chi connectivity index (χ4n) is 3.52. The number of halogens is 1. The lowest BCUT2D eigenvalue weighted by Crippen LogP contribution is -2.42. The van der Waals surface area contributed by atoms with Crippen molar-refractivity contribution in [2.75, 3.05) is 13.1 Å². The molecule has 3 heterocycles. The van der Waals surface area contributed by atoms with E-state index >= 15 is 0 Å². The average molecular weight is 454 g/mol. The van der Waals surface area contributed by atoms with E-state index in [0.29, 0.717) is 30.7 Å². The van der Waals surface area contributed by atoms with Crippen molar-refractivity contribution in [2.45, 2.75) is 30.5 Å². The third kappa shape index (κ3) is 3.94. The van der Waals surface area contributed by atoms with E-state index in [4.69, 9.17) is 0 Å². The molecule has 1 saturated heterocycles. The third-order valence-corrected chi connectivity index (χ3v) is 9.27. The van der Waals surface area contributed by atoms with Gasteiger partial charge in [0.25, 0.3) is 15.9 Å². The van der Waals surface area contributed by atoms with Crippen molar-refractivity contribution >= 4 is 48.8 Å². The molecule has 154 valence electrons. The summed E-state index contributed by atoms with van der Waals surface area (Å²) in [6.07, 6.45) is 1.21. The lowest BCUT2D eigenvalue weighted by atomic mass is 9.99. The van der Waals surface area contributed by atoms with Gasteiger partial charge in [0.1, 0.15) is 10.0 Å². The normalized spacial score (nSPS) is 19.1. The smallest absolute Gasteiger partial charge is 0.252 e. The molecule has 1 aliphatic heterocycles. The first kappa shape index (κ1) is 20.4. The Bertz CT molecular complexity index is 1210. The molecule has 1 unspecified atom stereocenters. The number of rotatable bonds is 4. The maximum atomic E-state index is 13.5. The summed E-state index contributed by atoms with van der Waals surface area (Å²) in [6.45, 7) is 3.08. The van der Waals surface area contributed by atoms with Crippen molar-refractivity contribution in [1.82, 2.24) is 8.87 Å². The predicted molar refractivity (Wildman–Crippen MR) is 112 cm³/mol. The molecule has 0 spiro atoms. The molecule has 1 aliphatic rings. The molecule has 0 bridgehead atoms. The summed E-state index contributed by atoms with van der Waals surface area (Å²) in [5.74, 6) is -1.14. The van der Waals surface area contributed by atoms with Gasteiger partial charge in [0.2, 0.25) is 0 Å². The van der Waals surface area contributed by atoms with Crippen LogP contribution in [-0.2, 0) is 21.4 Å². The maximum absolute atomic E-state index is 13.5. The number of benzene rings is 1. The third-order valence-electron chi connectivity index (χ3n) is 4.99. The van der Waals surface area contributed by atoms with Crippen LogP contribution in [0.1, 0.15) is 19.8 Å². The van der Waals surface area contributed by atoms with Crippen LogP contribution in [0.2, 0.25) is 0 Å². The van der Waals surface area contributed by atoms with Crippen LogP contribution in [0, 0.1) is 11.7 Å². The van der Waals surface area contributed by atoms with E-state index in [0.717, 1.165) is 10.2 Å². The van der Waals surface area contributed by atoms with Gasteiger partial charge in [-0.05, 0) is 49.4 Å². The van der Waals surface area contributed by atoms with Crippen LogP contribution < -0.4 is 4.80 Å². The average Bonchev–Trinajstić information content (AvgIpc) is 3.35. The van der Waals surface area contributed by atoms with E-state index < -0.39 is 15.9 Å². The molecule has 1 aromatic carbocycles. The Labute approximate surface area is 176 Å². The first-order valence-corrected chi connectivity index (χ1v) is 12.4. The number of hydrogen-bond donors (Lipinski definition) is 0. The number of aromatic nitrogens is 1. The van der Waals surface area contributed by atoms with Gasteiger partial charge in [-0.15, -0.1) is 11.3 Å². The van der Waals surface area contributed by atoms with Crippen molar-refractivity contribution in [3.63, 3.8) is 0 Å². The zero-order chi connectivity index (χ0) is 20.6. The number of carbonyl (C=O) groups excluding carboxylic acids is 1. The number of hydrogen-bond acceptors (Lipinski definition) is 5. The molecule has 10 heteroatoms. The first-order chi connectivity index (χ1) is 13.9. The van der Waals surface area contributed by atoms with Crippen molar-refractivity contribution in [3.05, 3.63) is 46.3 Å². The molecule has 3 aromatic rings. The monoisotopic (exact) mass is 453 g/mol. The predicted octanol–water partition coefficient (Wildman–Crippen LogP) is 3.45. The van der Waals surface area contributed by atoms with Crippen molar-refractivity contribution < 1.29 is 17.6 Å². The molecule has 0 aliphatic carbocycles. The van der Waals surface area contributed by atoms with E-state index in [1.54, 1.807) is 23.6 Å². The summed E-state index contributed by atoms with van der Waals surface area (Å²) in [7, 11) is -3.58. The highest BCUT2D eigenvalue weighted by Gasteiger charge is 2.33. The summed E-state index contributed by atoms with van der Waals surface area (Å²) >= 11 is 2.44. The highest BCUT2D eigenvalue weighted by Crippen LogP contribution is 2.27. The van der Waals surface area contributed by atoms with Gasteiger partial charge < -0.3 is 4.57 Å². The summed E-state index contributed by atoms with van der Waals surface area (Å²) in [5, 5.41) is 1.72. The SMILES string of the molecule is CCn1c(=NC(=O)C2CCCN(S(=O)(=O)c3cccs3)C2)sc2cc(F)ccc21. The minimum atomic E-state index is -3.58. The topological polar surface area (TPSA) is 71.7 Å². The first-order valence-electron chi connectivity index (χ1n) is 9.31. The molecule has 6 nitrogen and oxygen atoms in total. The molecule has 1 amide bonds. The van der Waals surface area contributed by atoms with E-state index in [9.17, 15) is 17.6 Å². The van der Waals surface area contributed by atoms with Crippen LogP contribution in [0.4, 0.5) is 4.39 Å². The van der Waals surface area contributed by atoms with Crippen LogP contribution >= 0.6 is 22.7 Å². The number of thiazole rings is 1. The molecule has 0 N–H and O–H groups in total. The number of thiophene rings is 1. The Balaban J connectivity index is 1.62. The number of aryl methyl sites for hydroxylation is 1. The molecule has 1 fully saturated rings. The summed E-state index contributed by atoms with van der Waals surface area (Å²) in [5.41, 5.74) is 0.830. The highest BCUT2D eigenvalue weighted by atomic mass is 32.2. The number of carbonyl (C=O) groups is 1. The quantitative estimate of drug-likeness (QED) is 0.607. The standard InChI is InChI=1S/C19H20FN3O3S3/c1-2-23-15-8-7-14(20)11-16(15)28-19(23)21-18(24)13-5-3-9-22(12-13)29(25,26)17-6-4-10-27-17/h4,6-8,10-11,13H,2-3,5,9,12H2,1H3. The summed E-state index contributed by atoms with van der Waals surface area (Å²) in [6, 6.07) is 7.79. The highest BCUT2D eigenvalue weighted by molar-refractivity contribution is 7.91. The van der Waals surface area contributed by atoms with Gasteiger partial charge in [0.15, 0.2) is 4.80 Å². The lowest BCUT2D eigenvalue weighted by molar-refractivity contribution is -0.122. The second kappa shape index (κ2) is 8.10. The Morgan fingerprint density at radius 1 is 1.34 bits per heavy atom. The van der Waals surface area contributed by atoms with Gasteiger partial charge in [-0.25, -0.2) is 12.8 Å².